The van der Waals surface area contributed by atoms with Gasteiger partial charge in [0.1, 0.15) is 5.65 Å². The number of fused-ring (bicyclic) bond motifs is 1. The van der Waals surface area contributed by atoms with Gasteiger partial charge in [0.15, 0.2) is 0 Å². The Kier molecular flexibility index (Phi) is 5.12. The van der Waals surface area contributed by atoms with Crippen LogP contribution in [0.15, 0.2) is 58.2 Å². The van der Waals surface area contributed by atoms with Gasteiger partial charge in [0.2, 0.25) is 10.0 Å². The highest BCUT2D eigenvalue weighted by Crippen LogP contribution is 2.15. The number of carbonyl (C=O) groups is 1. The second-order valence-electron chi connectivity index (χ2n) is 5.84. The topological polar surface area (TPSA) is 83.8 Å². The Bertz CT molecular complexity index is 1060. The molecule has 9 heteroatoms. The van der Waals surface area contributed by atoms with E-state index in [1.807, 2.05) is 28.9 Å². The number of pyridine rings is 1. The van der Waals surface area contributed by atoms with Crippen molar-refractivity contribution in [3.8, 4) is 0 Å². The maximum atomic E-state index is 12.3. The third-order valence-electron chi connectivity index (χ3n) is 3.79. The molecule has 2 heterocycles. The van der Waals surface area contributed by atoms with Crippen LogP contribution in [0.25, 0.3) is 5.65 Å². The summed E-state index contributed by atoms with van der Waals surface area (Å²) in [5.74, 6) is -0.294. The molecule has 0 atom stereocenters. The molecule has 136 valence electrons. The van der Waals surface area contributed by atoms with Crippen molar-refractivity contribution >= 4 is 37.5 Å². The minimum Gasteiger partial charge on any atom is -0.346 e. The molecule has 0 saturated carbocycles. The number of rotatable bonds is 5. The number of nitrogens with zero attached hydrogens (tertiary/aromatic N) is 3. The van der Waals surface area contributed by atoms with Gasteiger partial charge in [-0.15, -0.1) is 0 Å². The van der Waals surface area contributed by atoms with Gasteiger partial charge in [0, 0.05) is 36.5 Å². The predicted molar refractivity (Wildman–Crippen MR) is 101 cm³/mol. The monoisotopic (exact) mass is 436 g/mol. The maximum absolute atomic E-state index is 12.3. The lowest BCUT2D eigenvalue weighted by Crippen LogP contribution is -2.24. The molecule has 0 bridgehead atoms. The first-order chi connectivity index (χ1) is 12.3. The molecular weight excluding hydrogens is 420 g/mol. The van der Waals surface area contributed by atoms with Gasteiger partial charge in [-0.25, -0.2) is 17.7 Å². The lowest BCUT2D eigenvalue weighted by atomic mass is 10.2. The van der Waals surface area contributed by atoms with Crippen LogP contribution in [0.5, 0.6) is 0 Å². The Balaban J connectivity index is 1.69. The molecule has 1 N–H and O–H groups in total. The first kappa shape index (κ1) is 18.6. The fraction of sp³-hybridized carbons (Fsp3) is 0.176. The third kappa shape index (κ3) is 3.79. The average molecular weight is 437 g/mol. The summed E-state index contributed by atoms with van der Waals surface area (Å²) in [6, 6.07) is 9.60. The number of benzene rings is 1. The molecule has 1 aromatic carbocycles. The summed E-state index contributed by atoms with van der Waals surface area (Å²) in [7, 11) is -0.585. The van der Waals surface area contributed by atoms with Crippen molar-refractivity contribution in [1.29, 1.82) is 0 Å². The van der Waals surface area contributed by atoms with Crippen molar-refractivity contribution in [2.24, 2.45) is 0 Å². The summed E-state index contributed by atoms with van der Waals surface area (Å²) >= 11 is 3.40. The lowest BCUT2D eigenvalue weighted by Gasteiger charge is -2.11. The molecule has 0 radical (unpaired) electrons. The summed E-state index contributed by atoms with van der Waals surface area (Å²) in [5, 5.41) is 2.79. The molecule has 0 aliphatic rings. The summed E-state index contributed by atoms with van der Waals surface area (Å²) in [6.45, 7) is 0.274. The van der Waals surface area contributed by atoms with Gasteiger partial charge < -0.3 is 9.72 Å². The van der Waals surface area contributed by atoms with Crippen molar-refractivity contribution in [2.45, 2.75) is 11.4 Å². The Morgan fingerprint density at radius 2 is 1.85 bits per heavy atom. The molecule has 1 amide bonds. The molecule has 0 spiro atoms. The molecule has 3 rings (SSSR count). The highest BCUT2D eigenvalue weighted by molar-refractivity contribution is 9.10. The highest BCUT2D eigenvalue weighted by atomic mass is 79.9. The minimum absolute atomic E-state index is 0.143. The van der Waals surface area contributed by atoms with Gasteiger partial charge in [-0.1, -0.05) is 0 Å². The van der Waals surface area contributed by atoms with Crippen LogP contribution in [0, 0.1) is 0 Å². The van der Waals surface area contributed by atoms with E-state index < -0.39 is 10.0 Å². The van der Waals surface area contributed by atoms with Crippen LogP contribution >= 0.6 is 15.9 Å². The lowest BCUT2D eigenvalue weighted by molar-refractivity contribution is 0.0950. The molecule has 26 heavy (non-hydrogen) atoms. The Hall–Kier alpha value is -2.23. The maximum Gasteiger partial charge on any atom is 0.251 e. The summed E-state index contributed by atoms with van der Waals surface area (Å²) in [5.41, 5.74) is 1.90. The van der Waals surface area contributed by atoms with E-state index in [4.69, 9.17) is 0 Å². The quantitative estimate of drug-likeness (QED) is 0.664. The van der Waals surface area contributed by atoms with Crippen molar-refractivity contribution < 1.29 is 13.2 Å². The van der Waals surface area contributed by atoms with E-state index in [9.17, 15) is 13.2 Å². The molecule has 0 saturated heterocycles. The fourth-order valence-corrected chi connectivity index (χ4v) is 3.62. The van der Waals surface area contributed by atoms with E-state index in [-0.39, 0.29) is 17.3 Å². The number of hydrogen-bond donors (Lipinski definition) is 1. The summed E-state index contributed by atoms with van der Waals surface area (Å²) in [4.78, 5) is 16.8. The molecule has 2 aromatic heterocycles. The van der Waals surface area contributed by atoms with Crippen LogP contribution < -0.4 is 5.32 Å². The molecule has 0 aliphatic carbocycles. The number of halogens is 1. The van der Waals surface area contributed by atoms with E-state index in [0.29, 0.717) is 5.56 Å². The van der Waals surface area contributed by atoms with Crippen LogP contribution in [-0.2, 0) is 16.6 Å². The van der Waals surface area contributed by atoms with Gasteiger partial charge in [-0.3, -0.25) is 4.79 Å². The van der Waals surface area contributed by atoms with Crippen molar-refractivity contribution in [3.05, 3.63) is 64.5 Å². The van der Waals surface area contributed by atoms with Gasteiger partial charge >= 0.3 is 0 Å². The standard InChI is InChI=1S/C17H17BrN4O3S/c1-21(2)26(24,25)15-6-3-12(4-7-15)17(23)19-9-14-11-22-10-13(18)5-8-16(22)20-14/h3-8,10-11H,9H2,1-2H3,(H,19,23). The molecule has 3 aromatic rings. The van der Waals surface area contributed by atoms with Gasteiger partial charge in [0.05, 0.1) is 17.1 Å². The first-order valence-electron chi connectivity index (χ1n) is 7.71. The SMILES string of the molecule is CN(C)S(=O)(=O)c1ccc(C(=O)NCc2cn3cc(Br)ccc3n2)cc1. The van der Waals surface area contributed by atoms with Crippen LogP contribution in [0.4, 0.5) is 0 Å². The van der Waals surface area contributed by atoms with E-state index in [2.05, 4.69) is 26.2 Å². The van der Waals surface area contributed by atoms with Crippen LogP contribution in [0.2, 0.25) is 0 Å². The number of hydrogen-bond acceptors (Lipinski definition) is 4. The number of nitrogens with one attached hydrogen (secondary N) is 1. The van der Waals surface area contributed by atoms with E-state index in [0.717, 1.165) is 20.1 Å². The highest BCUT2D eigenvalue weighted by Gasteiger charge is 2.17. The van der Waals surface area contributed by atoms with E-state index in [1.54, 1.807) is 0 Å². The van der Waals surface area contributed by atoms with Crippen LogP contribution in [-0.4, -0.2) is 42.1 Å². The smallest absolute Gasteiger partial charge is 0.251 e. The molecule has 0 unspecified atom stereocenters. The Morgan fingerprint density at radius 3 is 2.50 bits per heavy atom. The largest absolute Gasteiger partial charge is 0.346 e. The molecule has 0 fully saturated rings. The first-order valence-corrected chi connectivity index (χ1v) is 9.94. The van der Waals surface area contributed by atoms with Crippen molar-refractivity contribution in [3.63, 3.8) is 0 Å². The molecule has 7 nitrogen and oxygen atoms in total. The third-order valence-corrected chi connectivity index (χ3v) is 6.09. The van der Waals surface area contributed by atoms with Gasteiger partial charge in [-0.2, -0.15) is 0 Å². The Labute approximate surface area is 159 Å². The van der Waals surface area contributed by atoms with Crippen molar-refractivity contribution in [2.75, 3.05) is 14.1 Å². The number of sulfonamides is 1. The van der Waals surface area contributed by atoms with E-state index in [1.165, 1.54) is 38.4 Å². The summed E-state index contributed by atoms with van der Waals surface area (Å²) < 4.78 is 28.0. The average Bonchev–Trinajstić information content (AvgIpc) is 3.01. The summed E-state index contributed by atoms with van der Waals surface area (Å²) in [6.07, 6.45) is 3.73. The molecule has 0 aliphatic heterocycles. The fourth-order valence-electron chi connectivity index (χ4n) is 2.36. The zero-order valence-corrected chi connectivity index (χ0v) is 16.6. The van der Waals surface area contributed by atoms with Crippen LogP contribution in [0.3, 0.4) is 0 Å². The zero-order valence-electron chi connectivity index (χ0n) is 14.2. The second-order valence-corrected chi connectivity index (χ2v) is 8.91. The second kappa shape index (κ2) is 7.18. The number of carbonyl (C=O) groups excluding carboxylic acids is 1. The zero-order chi connectivity index (χ0) is 18.9. The number of aromatic nitrogens is 2. The Morgan fingerprint density at radius 1 is 1.15 bits per heavy atom. The molecular formula is C17H17BrN4O3S. The van der Waals surface area contributed by atoms with Gasteiger partial charge in [0.25, 0.3) is 5.91 Å². The normalized spacial score (nSPS) is 11.8. The number of amides is 1. The van der Waals surface area contributed by atoms with Crippen LogP contribution in [0.1, 0.15) is 16.1 Å². The minimum atomic E-state index is -3.51. The predicted octanol–water partition coefficient (Wildman–Crippen LogP) is 2.28. The van der Waals surface area contributed by atoms with E-state index >= 15 is 0 Å². The van der Waals surface area contributed by atoms with Crippen molar-refractivity contribution in [1.82, 2.24) is 19.0 Å². The number of imidazole rings is 1. The van der Waals surface area contributed by atoms with Gasteiger partial charge in [-0.05, 0) is 52.3 Å².